The zero-order chi connectivity index (χ0) is 12.6. The molecule has 2 aromatic rings. The minimum Gasteiger partial charge on any atom is -0.505 e. The van der Waals surface area contributed by atoms with Crippen LogP contribution in [0, 0.1) is 11.6 Å². The van der Waals surface area contributed by atoms with Crippen molar-refractivity contribution >= 4 is 5.88 Å². The van der Waals surface area contributed by atoms with E-state index in [1.165, 1.54) is 7.11 Å². The first-order chi connectivity index (χ1) is 8.04. The summed E-state index contributed by atoms with van der Waals surface area (Å²) in [7, 11) is 1.19. The highest BCUT2D eigenvalue weighted by Gasteiger charge is 2.22. The first-order valence-corrected chi connectivity index (χ1v) is 4.52. The van der Waals surface area contributed by atoms with E-state index in [1.54, 1.807) is 0 Å². The number of methoxy groups -OCH3 is 1. The molecule has 0 unspecified atom stereocenters. The average Bonchev–Trinajstić information content (AvgIpc) is 2.70. The van der Waals surface area contributed by atoms with Gasteiger partial charge in [-0.15, -0.1) is 0 Å². The van der Waals surface area contributed by atoms with E-state index in [2.05, 4.69) is 14.4 Å². The van der Waals surface area contributed by atoms with E-state index in [-0.39, 0.29) is 17.3 Å². The van der Waals surface area contributed by atoms with E-state index in [9.17, 15) is 13.9 Å². The molecule has 3 N–H and O–H groups in total. The Kier molecular flexibility index (Phi) is 2.58. The van der Waals surface area contributed by atoms with E-state index in [4.69, 9.17) is 5.73 Å². The molecule has 0 fully saturated rings. The zero-order valence-electron chi connectivity index (χ0n) is 8.70. The van der Waals surface area contributed by atoms with Crippen LogP contribution < -0.4 is 10.5 Å². The summed E-state index contributed by atoms with van der Waals surface area (Å²) in [5.74, 6) is -3.30. The molecule has 7 heteroatoms. The molecule has 0 aliphatic rings. The second kappa shape index (κ2) is 3.93. The van der Waals surface area contributed by atoms with Crippen LogP contribution in [0.4, 0.5) is 14.7 Å². The van der Waals surface area contributed by atoms with Crippen molar-refractivity contribution in [3.8, 4) is 22.8 Å². The second-order valence-corrected chi connectivity index (χ2v) is 3.22. The molecule has 90 valence electrons. The van der Waals surface area contributed by atoms with Crippen molar-refractivity contribution in [2.75, 3.05) is 12.8 Å². The van der Waals surface area contributed by atoms with E-state index in [0.717, 1.165) is 12.1 Å². The van der Waals surface area contributed by atoms with Crippen LogP contribution in [0.2, 0.25) is 0 Å². The Bertz CT molecular complexity index is 569. The Morgan fingerprint density at radius 3 is 2.59 bits per heavy atom. The number of anilines is 1. The summed E-state index contributed by atoms with van der Waals surface area (Å²) >= 11 is 0. The summed E-state index contributed by atoms with van der Waals surface area (Å²) in [5, 5.41) is 12.7. The van der Waals surface area contributed by atoms with Crippen LogP contribution in [0.15, 0.2) is 16.7 Å². The monoisotopic (exact) mass is 242 g/mol. The predicted molar refractivity (Wildman–Crippen MR) is 54.5 cm³/mol. The number of aromatic nitrogens is 1. The van der Waals surface area contributed by atoms with E-state index in [1.807, 2.05) is 0 Å². The van der Waals surface area contributed by atoms with Gasteiger partial charge < -0.3 is 20.1 Å². The molecule has 2 rings (SSSR count). The van der Waals surface area contributed by atoms with Crippen LogP contribution in [0.1, 0.15) is 0 Å². The average molecular weight is 242 g/mol. The fraction of sp³-hybridized carbons (Fsp3) is 0.100. The van der Waals surface area contributed by atoms with E-state index >= 15 is 0 Å². The number of hydrogen-bond acceptors (Lipinski definition) is 5. The van der Waals surface area contributed by atoms with Crippen molar-refractivity contribution in [1.29, 1.82) is 0 Å². The maximum atomic E-state index is 13.8. The SMILES string of the molecule is COc1cc(O)c(F)c(-c2cc(N)on2)c1F. The fourth-order valence-corrected chi connectivity index (χ4v) is 1.38. The predicted octanol–water partition coefficient (Wildman–Crippen LogP) is 1.92. The lowest BCUT2D eigenvalue weighted by Gasteiger charge is -2.07. The second-order valence-electron chi connectivity index (χ2n) is 3.22. The molecule has 1 aromatic carbocycles. The van der Waals surface area contributed by atoms with Crippen molar-refractivity contribution in [2.45, 2.75) is 0 Å². The third-order valence-electron chi connectivity index (χ3n) is 2.15. The highest BCUT2D eigenvalue weighted by atomic mass is 19.1. The molecule has 0 radical (unpaired) electrons. The Morgan fingerprint density at radius 1 is 1.35 bits per heavy atom. The number of phenols is 1. The molecule has 1 aromatic heterocycles. The minimum atomic E-state index is -1.16. The highest BCUT2D eigenvalue weighted by molar-refractivity contribution is 5.67. The number of nitrogens with two attached hydrogens (primary N) is 1. The lowest BCUT2D eigenvalue weighted by atomic mass is 10.1. The van der Waals surface area contributed by atoms with Crippen molar-refractivity contribution < 1.29 is 23.1 Å². The number of ether oxygens (including phenoxy) is 1. The van der Waals surface area contributed by atoms with Gasteiger partial charge in [0, 0.05) is 12.1 Å². The molecular weight excluding hydrogens is 234 g/mol. The smallest absolute Gasteiger partial charge is 0.222 e. The van der Waals surface area contributed by atoms with Crippen molar-refractivity contribution in [2.24, 2.45) is 0 Å². The summed E-state index contributed by atoms with van der Waals surface area (Å²) in [6.07, 6.45) is 0. The lowest BCUT2D eigenvalue weighted by Crippen LogP contribution is -1.96. The molecule has 5 nitrogen and oxygen atoms in total. The molecule has 0 amide bonds. The first-order valence-electron chi connectivity index (χ1n) is 4.52. The summed E-state index contributed by atoms with van der Waals surface area (Å²) in [6, 6.07) is 1.97. The van der Waals surface area contributed by atoms with Crippen LogP contribution in [0.3, 0.4) is 0 Å². The van der Waals surface area contributed by atoms with E-state index < -0.39 is 22.9 Å². The van der Waals surface area contributed by atoms with E-state index in [0.29, 0.717) is 0 Å². The highest BCUT2D eigenvalue weighted by Crippen LogP contribution is 2.36. The largest absolute Gasteiger partial charge is 0.505 e. The van der Waals surface area contributed by atoms with Gasteiger partial charge >= 0.3 is 0 Å². The Hall–Kier alpha value is -2.31. The van der Waals surface area contributed by atoms with Crippen molar-refractivity contribution in [1.82, 2.24) is 5.16 Å². The fourth-order valence-electron chi connectivity index (χ4n) is 1.38. The molecule has 0 aliphatic heterocycles. The summed E-state index contributed by atoms with van der Waals surface area (Å²) in [5.41, 5.74) is 4.54. The molecule has 1 heterocycles. The molecule has 17 heavy (non-hydrogen) atoms. The molecule has 0 spiro atoms. The number of nitrogen functional groups attached to an aromatic ring is 1. The van der Waals surface area contributed by atoms with Gasteiger partial charge in [0.15, 0.2) is 23.1 Å². The standard InChI is InChI=1S/C10H8F2N2O3/c1-16-6-3-5(15)9(11)8(10(6)12)4-2-7(13)17-14-4/h2-3,15H,13H2,1H3. The Labute approximate surface area is 94.4 Å². The number of benzene rings is 1. The maximum absolute atomic E-state index is 13.8. The topological polar surface area (TPSA) is 81.5 Å². The van der Waals surface area contributed by atoms with Gasteiger partial charge in [-0.1, -0.05) is 5.16 Å². The quantitative estimate of drug-likeness (QED) is 0.840. The normalized spacial score (nSPS) is 10.5. The van der Waals surface area contributed by atoms with Crippen molar-refractivity contribution in [3.05, 3.63) is 23.8 Å². The number of nitrogens with zero attached hydrogens (tertiary/aromatic N) is 1. The van der Waals surface area contributed by atoms with Gasteiger partial charge in [-0.2, -0.15) is 0 Å². The maximum Gasteiger partial charge on any atom is 0.222 e. The summed E-state index contributed by atoms with van der Waals surface area (Å²) in [4.78, 5) is 0. The molecular formula is C10H8F2N2O3. The number of halogens is 2. The lowest BCUT2D eigenvalue weighted by molar-refractivity contribution is 0.371. The number of rotatable bonds is 2. The molecule has 0 atom stereocenters. The van der Waals surface area contributed by atoms with Crippen LogP contribution in [0.25, 0.3) is 11.3 Å². The van der Waals surface area contributed by atoms with Gasteiger partial charge in [0.05, 0.1) is 12.7 Å². The van der Waals surface area contributed by atoms with Crippen LogP contribution in [-0.2, 0) is 0 Å². The van der Waals surface area contributed by atoms with Crippen LogP contribution in [-0.4, -0.2) is 17.4 Å². The van der Waals surface area contributed by atoms with Crippen molar-refractivity contribution in [3.63, 3.8) is 0 Å². The molecule has 0 saturated carbocycles. The van der Waals surface area contributed by atoms with Crippen LogP contribution >= 0.6 is 0 Å². The van der Waals surface area contributed by atoms with Gasteiger partial charge in [-0.3, -0.25) is 0 Å². The molecule has 0 aliphatic carbocycles. The van der Waals surface area contributed by atoms with Gasteiger partial charge in [-0.05, 0) is 0 Å². The van der Waals surface area contributed by atoms with Gasteiger partial charge in [0.25, 0.3) is 0 Å². The number of aromatic hydroxyl groups is 1. The van der Waals surface area contributed by atoms with Gasteiger partial charge in [0.1, 0.15) is 5.69 Å². The van der Waals surface area contributed by atoms with Gasteiger partial charge in [0.2, 0.25) is 5.88 Å². The van der Waals surface area contributed by atoms with Gasteiger partial charge in [-0.25, -0.2) is 8.78 Å². The Morgan fingerprint density at radius 2 is 2.06 bits per heavy atom. The summed E-state index contributed by atoms with van der Waals surface area (Å²) < 4.78 is 36.6. The third-order valence-corrected chi connectivity index (χ3v) is 2.15. The third kappa shape index (κ3) is 1.75. The molecule has 0 bridgehead atoms. The number of phenolic OH excluding ortho intramolecular Hbond substituents is 1. The molecule has 0 saturated heterocycles. The minimum absolute atomic E-state index is 0.0962. The summed E-state index contributed by atoms with van der Waals surface area (Å²) in [6.45, 7) is 0. The first kappa shape index (κ1) is 11.2. The Balaban J connectivity index is 2.71. The zero-order valence-corrected chi connectivity index (χ0v) is 8.70. The number of hydrogen-bond donors (Lipinski definition) is 2. The van der Waals surface area contributed by atoms with Crippen LogP contribution in [0.5, 0.6) is 11.5 Å².